The minimum absolute atomic E-state index is 0.234. The molecule has 0 saturated heterocycles. The van der Waals surface area contributed by atoms with Crippen LogP contribution in [0.25, 0.3) is 21.8 Å². The summed E-state index contributed by atoms with van der Waals surface area (Å²) in [6, 6.07) is 14.7. The number of nitrogens with zero attached hydrogens (tertiary/aromatic N) is 1. The number of halogens is 2. The standard InChI is InChI=1S/C16H11BrFNS/c1-10-15(11-5-4-6-12(17)9-11)19-16(20-10)13-7-2-3-8-14(13)18/h2-9H,1H3. The molecule has 1 nitrogen and oxygen atoms in total. The van der Waals surface area contributed by atoms with Crippen molar-refractivity contribution in [1.29, 1.82) is 0 Å². The smallest absolute Gasteiger partial charge is 0.133 e. The Bertz CT molecular complexity index is 767. The third kappa shape index (κ3) is 2.53. The molecule has 0 saturated carbocycles. The maximum Gasteiger partial charge on any atom is 0.133 e. The maximum absolute atomic E-state index is 13.8. The second-order valence-electron chi connectivity index (χ2n) is 4.41. The van der Waals surface area contributed by atoms with Crippen LogP contribution < -0.4 is 0 Å². The van der Waals surface area contributed by atoms with Crippen LogP contribution >= 0.6 is 27.3 Å². The van der Waals surface area contributed by atoms with Crippen molar-refractivity contribution in [2.75, 3.05) is 0 Å². The van der Waals surface area contributed by atoms with E-state index >= 15 is 0 Å². The molecule has 0 N–H and O–H groups in total. The molecule has 0 spiro atoms. The van der Waals surface area contributed by atoms with Crippen molar-refractivity contribution >= 4 is 27.3 Å². The molecule has 0 unspecified atom stereocenters. The Balaban J connectivity index is 2.10. The van der Waals surface area contributed by atoms with Gasteiger partial charge in [-0.1, -0.05) is 40.2 Å². The monoisotopic (exact) mass is 347 g/mol. The van der Waals surface area contributed by atoms with E-state index in [1.54, 1.807) is 12.1 Å². The van der Waals surface area contributed by atoms with Crippen molar-refractivity contribution < 1.29 is 4.39 Å². The van der Waals surface area contributed by atoms with Gasteiger partial charge in [-0.25, -0.2) is 9.37 Å². The van der Waals surface area contributed by atoms with E-state index in [0.29, 0.717) is 5.56 Å². The van der Waals surface area contributed by atoms with Gasteiger partial charge in [0.05, 0.1) is 5.69 Å². The Morgan fingerprint density at radius 2 is 1.90 bits per heavy atom. The van der Waals surface area contributed by atoms with Gasteiger partial charge in [0.25, 0.3) is 0 Å². The Labute approximate surface area is 129 Å². The summed E-state index contributed by atoms with van der Waals surface area (Å²) in [6.07, 6.45) is 0. The molecular weight excluding hydrogens is 337 g/mol. The number of hydrogen-bond donors (Lipinski definition) is 0. The van der Waals surface area contributed by atoms with Crippen LogP contribution in [0.2, 0.25) is 0 Å². The summed E-state index contributed by atoms with van der Waals surface area (Å²) in [4.78, 5) is 5.69. The van der Waals surface area contributed by atoms with Crippen LogP contribution in [0.5, 0.6) is 0 Å². The quantitative estimate of drug-likeness (QED) is 0.580. The van der Waals surface area contributed by atoms with E-state index in [2.05, 4.69) is 20.9 Å². The normalized spacial score (nSPS) is 10.8. The zero-order valence-corrected chi connectivity index (χ0v) is 13.1. The molecule has 100 valence electrons. The van der Waals surface area contributed by atoms with Crippen molar-refractivity contribution in [1.82, 2.24) is 4.98 Å². The average Bonchev–Trinajstić information content (AvgIpc) is 2.81. The minimum atomic E-state index is -0.234. The van der Waals surface area contributed by atoms with Crippen LogP contribution in [0.1, 0.15) is 4.88 Å². The van der Waals surface area contributed by atoms with Crippen LogP contribution in [0.4, 0.5) is 4.39 Å². The number of aryl methyl sites for hydroxylation is 1. The number of rotatable bonds is 2. The first kappa shape index (κ1) is 13.5. The fourth-order valence-corrected chi connectivity index (χ4v) is 3.41. The molecule has 0 amide bonds. The summed E-state index contributed by atoms with van der Waals surface area (Å²) < 4.78 is 14.9. The summed E-state index contributed by atoms with van der Waals surface area (Å²) in [5.41, 5.74) is 2.51. The second-order valence-corrected chi connectivity index (χ2v) is 6.53. The molecule has 1 heterocycles. The number of hydrogen-bond acceptors (Lipinski definition) is 2. The van der Waals surface area contributed by atoms with Crippen molar-refractivity contribution in [2.45, 2.75) is 6.92 Å². The van der Waals surface area contributed by atoms with Crippen LogP contribution in [-0.2, 0) is 0 Å². The van der Waals surface area contributed by atoms with Gasteiger partial charge in [0.2, 0.25) is 0 Å². The lowest BCUT2D eigenvalue weighted by Crippen LogP contribution is -1.84. The molecule has 20 heavy (non-hydrogen) atoms. The van der Waals surface area contributed by atoms with Crippen LogP contribution in [-0.4, -0.2) is 4.98 Å². The molecule has 0 aliphatic carbocycles. The third-order valence-corrected chi connectivity index (χ3v) is 4.50. The maximum atomic E-state index is 13.8. The predicted molar refractivity (Wildman–Crippen MR) is 85.4 cm³/mol. The number of benzene rings is 2. The van der Waals surface area contributed by atoms with Gasteiger partial charge in [-0.2, -0.15) is 0 Å². The molecule has 0 aliphatic rings. The Kier molecular flexibility index (Phi) is 3.68. The Hall–Kier alpha value is -1.52. The zero-order valence-electron chi connectivity index (χ0n) is 10.7. The van der Waals surface area contributed by atoms with E-state index in [0.717, 1.165) is 25.6 Å². The van der Waals surface area contributed by atoms with E-state index in [9.17, 15) is 4.39 Å². The van der Waals surface area contributed by atoms with Crippen molar-refractivity contribution in [3.63, 3.8) is 0 Å². The molecule has 3 aromatic rings. The van der Waals surface area contributed by atoms with Crippen molar-refractivity contribution in [3.05, 3.63) is 63.7 Å². The highest BCUT2D eigenvalue weighted by Gasteiger charge is 2.13. The topological polar surface area (TPSA) is 12.9 Å². The first-order valence-corrected chi connectivity index (χ1v) is 7.74. The number of aromatic nitrogens is 1. The second kappa shape index (κ2) is 5.46. The molecule has 0 fully saturated rings. The van der Waals surface area contributed by atoms with Crippen LogP contribution in [0.15, 0.2) is 53.0 Å². The molecule has 4 heteroatoms. The SMILES string of the molecule is Cc1sc(-c2ccccc2F)nc1-c1cccc(Br)c1. The van der Waals surface area contributed by atoms with Gasteiger partial charge in [-0.05, 0) is 31.2 Å². The molecular formula is C16H11BrFNS. The highest BCUT2D eigenvalue weighted by molar-refractivity contribution is 9.10. The third-order valence-electron chi connectivity index (χ3n) is 3.00. The van der Waals surface area contributed by atoms with Crippen LogP contribution in [0.3, 0.4) is 0 Å². The summed E-state index contributed by atoms with van der Waals surface area (Å²) >= 11 is 4.98. The van der Waals surface area contributed by atoms with Crippen LogP contribution in [0, 0.1) is 12.7 Å². The molecule has 2 aromatic carbocycles. The molecule has 1 aromatic heterocycles. The highest BCUT2D eigenvalue weighted by Crippen LogP contribution is 2.34. The molecule has 0 bridgehead atoms. The first-order chi connectivity index (χ1) is 9.65. The fourth-order valence-electron chi connectivity index (χ4n) is 2.05. The summed E-state index contributed by atoms with van der Waals surface area (Å²) in [7, 11) is 0. The largest absolute Gasteiger partial charge is 0.236 e. The van der Waals surface area contributed by atoms with Gasteiger partial charge < -0.3 is 0 Å². The van der Waals surface area contributed by atoms with Gasteiger partial charge in [0.1, 0.15) is 10.8 Å². The van der Waals surface area contributed by atoms with Gasteiger partial charge in [-0.3, -0.25) is 0 Å². The highest BCUT2D eigenvalue weighted by atomic mass is 79.9. The van der Waals surface area contributed by atoms with Gasteiger partial charge >= 0.3 is 0 Å². The summed E-state index contributed by atoms with van der Waals surface area (Å²) in [6.45, 7) is 2.01. The van der Waals surface area contributed by atoms with Gasteiger partial charge in [0, 0.05) is 20.5 Å². The summed E-state index contributed by atoms with van der Waals surface area (Å²) in [5.74, 6) is -0.234. The number of thiazole rings is 1. The predicted octanol–water partition coefficient (Wildman–Crippen LogP) is 5.69. The van der Waals surface area contributed by atoms with E-state index < -0.39 is 0 Å². The lowest BCUT2D eigenvalue weighted by atomic mass is 10.1. The van der Waals surface area contributed by atoms with E-state index in [1.807, 2.05) is 37.3 Å². The lowest BCUT2D eigenvalue weighted by Gasteiger charge is -1.99. The fraction of sp³-hybridized carbons (Fsp3) is 0.0625. The minimum Gasteiger partial charge on any atom is -0.236 e. The van der Waals surface area contributed by atoms with Gasteiger partial charge in [-0.15, -0.1) is 11.3 Å². The molecule has 3 rings (SSSR count). The van der Waals surface area contributed by atoms with Crippen molar-refractivity contribution in [2.24, 2.45) is 0 Å². The van der Waals surface area contributed by atoms with Gasteiger partial charge in [0.15, 0.2) is 0 Å². The zero-order chi connectivity index (χ0) is 14.1. The Morgan fingerprint density at radius 1 is 1.10 bits per heavy atom. The Morgan fingerprint density at radius 3 is 2.65 bits per heavy atom. The lowest BCUT2D eigenvalue weighted by molar-refractivity contribution is 0.631. The van der Waals surface area contributed by atoms with E-state index in [1.165, 1.54) is 17.4 Å². The average molecular weight is 348 g/mol. The van der Waals surface area contributed by atoms with E-state index in [-0.39, 0.29) is 5.82 Å². The summed E-state index contributed by atoms with van der Waals surface area (Å²) in [5, 5.41) is 0.718. The molecule has 0 radical (unpaired) electrons. The molecule has 0 atom stereocenters. The van der Waals surface area contributed by atoms with Crippen molar-refractivity contribution in [3.8, 4) is 21.8 Å². The first-order valence-electron chi connectivity index (χ1n) is 6.13. The van der Waals surface area contributed by atoms with E-state index in [4.69, 9.17) is 0 Å². The molecule has 0 aliphatic heterocycles.